The summed E-state index contributed by atoms with van der Waals surface area (Å²) >= 11 is 4.94. The Hall–Kier alpha value is -3.20. The molecule has 0 aliphatic carbocycles. The first-order valence-electron chi connectivity index (χ1n) is 8.52. The molecule has 1 aliphatic rings. The number of rotatable bonds is 5. The van der Waals surface area contributed by atoms with E-state index in [1.165, 1.54) is 35.2 Å². The van der Waals surface area contributed by atoms with Crippen molar-refractivity contribution < 1.29 is 13.9 Å². The molecule has 0 bridgehead atoms. The summed E-state index contributed by atoms with van der Waals surface area (Å²) in [6.07, 6.45) is -0.912. The first kappa shape index (κ1) is 19.6. The average molecular weight is 402 g/mol. The third-order valence-corrected chi connectivity index (χ3v) is 4.28. The van der Waals surface area contributed by atoms with Gasteiger partial charge in [-0.1, -0.05) is 12.2 Å². The van der Waals surface area contributed by atoms with Gasteiger partial charge < -0.3 is 21.1 Å². The smallest absolute Gasteiger partial charge is 0.414 e. The zero-order valence-electron chi connectivity index (χ0n) is 15.1. The minimum atomic E-state index is -0.552. The number of nitrogens with two attached hydrogens (primary N) is 1. The molecule has 9 heteroatoms. The number of carbonyl (C=O) groups excluding carboxylic acids is 1. The van der Waals surface area contributed by atoms with Crippen LogP contribution < -0.4 is 26.7 Å². The van der Waals surface area contributed by atoms with Crippen LogP contribution in [-0.4, -0.2) is 30.3 Å². The topological polar surface area (TPSA) is 96.7 Å². The van der Waals surface area contributed by atoms with Crippen LogP contribution in [0.5, 0.6) is 0 Å². The monoisotopic (exact) mass is 402 g/mol. The van der Waals surface area contributed by atoms with Crippen molar-refractivity contribution in [2.45, 2.75) is 13.0 Å². The number of hydrogen-bond donors (Lipinski definition) is 3. The molecule has 7 nitrogen and oxygen atoms in total. The van der Waals surface area contributed by atoms with Crippen LogP contribution in [0.3, 0.4) is 0 Å². The largest absolute Gasteiger partial charge is 0.442 e. The summed E-state index contributed by atoms with van der Waals surface area (Å²) in [5.74, 6) is -0.552. The molecule has 0 saturated carbocycles. The lowest BCUT2D eigenvalue weighted by molar-refractivity contribution is 0.143. The highest BCUT2D eigenvalue weighted by atomic mass is 32.1. The van der Waals surface area contributed by atoms with Gasteiger partial charge in [0.15, 0.2) is 0 Å². The predicted molar refractivity (Wildman–Crippen MR) is 111 cm³/mol. The number of halogens is 1. The Morgan fingerprint density at radius 3 is 2.75 bits per heavy atom. The minimum absolute atomic E-state index is 0.101. The number of nitrogen functional groups attached to an aromatic ring is 1. The van der Waals surface area contributed by atoms with Gasteiger partial charge in [-0.05, 0) is 49.4 Å². The van der Waals surface area contributed by atoms with Gasteiger partial charge in [0.2, 0.25) is 5.43 Å². The molecule has 146 valence electrons. The van der Waals surface area contributed by atoms with Crippen LogP contribution in [-0.2, 0) is 4.74 Å². The molecular formula is C19H19FN4O3S. The van der Waals surface area contributed by atoms with E-state index in [1.54, 1.807) is 19.1 Å². The molecule has 3 rings (SSSR count). The quantitative estimate of drug-likeness (QED) is 0.662. The number of cyclic esters (lactones) is 1. The Bertz CT molecular complexity index is 985. The van der Waals surface area contributed by atoms with E-state index >= 15 is 0 Å². The lowest BCUT2D eigenvalue weighted by Crippen LogP contribution is -2.32. The molecule has 28 heavy (non-hydrogen) atoms. The highest BCUT2D eigenvalue weighted by Gasteiger charge is 2.32. The first-order valence-corrected chi connectivity index (χ1v) is 8.93. The highest BCUT2D eigenvalue weighted by Crippen LogP contribution is 2.27. The molecule has 0 radical (unpaired) electrons. The third kappa shape index (κ3) is 4.55. The fourth-order valence-corrected chi connectivity index (χ4v) is 2.77. The van der Waals surface area contributed by atoms with Gasteiger partial charge in [-0.15, -0.1) is 0 Å². The summed E-state index contributed by atoms with van der Waals surface area (Å²) < 4.78 is 19.8. The number of anilines is 4. The highest BCUT2D eigenvalue weighted by molar-refractivity contribution is 7.80. The molecule has 0 aromatic heterocycles. The van der Waals surface area contributed by atoms with Crippen molar-refractivity contribution in [1.29, 1.82) is 0 Å². The van der Waals surface area contributed by atoms with Gasteiger partial charge >= 0.3 is 6.09 Å². The van der Waals surface area contributed by atoms with Crippen LogP contribution in [0, 0.1) is 5.82 Å². The predicted octanol–water partition coefficient (Wildman–Crippen LogP) is 2.77. The van der Waals surface area contributed by atoms with Gasteiger partial charge in [-0.25, -0.2) is 9.18 Å². The van der Waals surface area contributed by atoms with E-state index in [-0.39, 0.29) is 22.9 Å². The number of ether oxygens (including phenoxy) is 1. The average Bonchev–Trinajstić information content (AvgIpc) is 2.95. The summed E-state index contributed by atoms with van der Waals surface area (Å²) in [4.78, 5) is 25.6. The Labute approximate surface area is 166 Å². The summed E-state index contributed by atoms with van der Waals surface area (Å²) in [5, 5.41) is 5.84. The van der Waals surface area contributed by atoms with E-state index in [4.69, 9.17) is 22.7 Å². The molecule has 2 aromatic rings. The van der Waals surface area contributed by atoms with Crippen LogP contribution in [0.15, 0.2) is 47.3 Å². The van der Waals surface area contributed by atoms with Crippen molar-refractivity contribution in [2.75, 3.05) is 29.0 Å². The normalized spacial score (nSPS) is 15.9. The van der Waals surface area contributed by atoms with Crippen molar-refractivity contribution in [3.05, 3.63) is 58.5 Å². The van der Waals surface area contributed by atoms with Crippen LogP contribution in [0.2, 0.25) is 0 Å². The second kappa shape index (κ2) is 8.22. The molecule has 0 spiro atoms. The van der Waals surface area contributed by atoms with Gasteiger partial charge in [0.1, 0.15) is 11.9 Å². The number of hydrogen-bond acceptors (Lipinski definition) is 6. The van der Waals surface area contributed by atoms with E-state index in [0.29, 0.717) is 29.5 Å². The van der Waals surface area contributed by atoms with Crippen molar-refractivity contribution >= 4 is 46.0 Å². The van der Waals surface area contributed by atoms with E-state index in [1.807, 2.05) is 0 Å². The lowest BCUT2D eigenvalue weighted by Gasteiger charge is -2.15. The molecule has 1 aliphatic heterocycles. The van der Waals surface area contributed by atoms with E-state index in [9.17, 15) is 14.0 Å². The number of nitrogens with zero attached hydrogens (tertiary/aromatic N) is 1. The molecular weight excluding hydrogens is 383 g/mol. The van der Waals surface area contributed by atoms with Gasteiger partial charge in [0.05, 0.1) is 35.1 Å². The standard InChI is InChI=1S/C19H19FN4O3S/c1-11(28)22-9-14-10-24(19(26)27-14)13-4-6-17(15(20)8-13)23-12-2-5-16(21)18(25)7-3-12/h2-8,14,23H,9-10H2,1H3,(H2,21,25)(H,22,28)/t14-/m0/s1. The van der Waals surface area contributed by atoms with Crippen molar-refractivity contribution in [3.63, 3.8) is 0 Å². The molecule has 1 fully saturated rings. The van der Waals surface area contributed by atoms with Crippen molar-refractivity contribution in [3.8, 4) is 0 Å². The van der Waals surface area contributed by atoms with Crippen molar-refractivity contribution in [1.82, 2.24) is 5.32 Å². The Kier molecular flexibility index (Phi) is 5.74. The molecule has 4 N–H and O–H groups in total. The van der Waals surface area contributed by atoms with Gasteiger partial charge in [-0.2, -0.15) is 0 Å². The summed E-state index contributed by atoms with van der Waals surface area (Å²) in [5.41, 5.74) is 6.44. The number of amides is 1. The van der Waals surface area contributed by atoms with Crippen LogP contribution in [0.25, 0.3) is 0 Å². The number of carbonyl (C=O) groups is 1. The number of nitrogens with one attached hydrogen (secondary N) is 2. The molecule has 1 amide bonds. The fourth-order valence-electron chi connectivity index (χ4n) is 2.69. The van der Waals surface area contributed by atoms with Gasteiger partial charge in [-0.3, -0.25) is 9.69 Å². The Morgan fingerprint density at radius 2 is 2.04 bits per heavy atom. The van der Waals surface area contributed by atoms with Gasteiger partial charge in [0, 0.05) is 5.69 Å². The maximum Gasteiger partial charge on any atom is 0.414 e. The maximum atomic E-state index is 14.6. The molecule has 1 heterocycles. The molecule has 0 unspecified atom stereocenters. The lowest BCUT2D eigenvalue weighted by atomic mass is 10.2. The van der Waals surface area contributed by atoms with Crippen LogP contribution in [0.4, 0.5) is 31.9 Å². The zero-order valence-corrected chi connectivity index (χ0v) is 15.9. The molecule has 1 saturated heterocycles. The first-order chi connectivity index (χ1) is 13.3. The van der Waals surface area contributed by atoms with Crippen molar-refractivity contribution in [2.24, 2.45) is 0 Å². The SMILES string of the molecule is CC(=S)NC[C@H]1CN(c2ccc(Nc3ccc(N)c(=O)cc3)c(F)c2)C(=O)O1. The van der Waals surface area contributed by atoms with E-state index in [2.05, 4.69) is 10.6 Å². The van der Waals surface area contributed by atoms with Crippen LogP contribution in [0.1, 0.15) is 6.92 Å². The second-order valence-corrected chi connectivity index (χ2v) is 6.90. The van der Waals surface area contributed by atoms with Gasteiger partial charge in [0.25, 0.3) is 0 Å². The third-order valence-electron chi connectivity index (χ3n) is 4.14. The maximum absolute atomic E-state index is 14.6. The second-order valence-electron chi connectivity index (χ2n) is 6.28. The summed E-state index contributed by atoms with van der Waals surface area (Å²) in [6.45, 7) is 2.43. The molecule has 1 atom stereocenters. The Balaban J connectivity index is 1.74. The number of benzene rings is 1. The molecule has 2 aromatic carbocycles. The minimum Gasteiger partial charge on any atom is -0.442 e. The van der Waals surface area contributed by atoms with E-state index < -0.39 is 11.9 Å². The van der Waals surface area contributed by atoms with Crippen LogP contribution >= 0.6 is 12.2 Å². The number of thiocarbonyl (C=S) groups is 1. The fraction of sp³-hybridized carbons (Fsp3) is 0.211. The summed E-state index contributed by atoms with van der Waals surface area (Å²) in [7, 11) is 0. The zero-order chi connectivity index (χ0) is 20.3. The summed E-state index contributed by atoms with van der Waals surface area (Å²) in [6, 6.07) is 10.2. The van der Waals surface area contributed by atoms with E-state index in [0.717, 1.165) is 0 Å². The Morgan fingerprint density at radius 1 is 1.29 bits per heavy atom.